The van der Waals surface area contributed by atoms with Crippen LogP contribution in [0, 0.1) is 6.92 Å². The molecule has 0 aromatic rings. The van der Waals surface area contributed by atoms with Gasteiger partial charge in [-0.15, -0.1) is 0 Å². The van der Waals surface area contributed by atoms with E-state index in [1.54, 1.807) is 0 Å². The van der Waals surface area contributed by atoms with E-state index in [4.69, 9.17) is 0 Å². The fourth-order valence-electron chi connectivity index (χ4n) is 0.507. The Labute approximate surface area is 38.2 Å². The standard InChI is InChI=1S/C6H7/c1-6-4-2-3-5-6/h2,4-5H,1,3H2. The van der Waals surface area contributed by atoms with E-state index in [2.05, 4.69) is 19.1 Å². The van der Waals surface area contributed by atoms with E-state index < -0.39 is 0 Å². The Morgan fingerprint density at radius 2 is 2.50 bits per heavy atom. The summed E-state index contributed by atoms with van der Waals surface area (Å²) < 4.78 is 0. The van der Waals surface area contributed by atoms with Crippen LogP contribution < -0.4 is 0 Å². The summed E-state index contributed by atoms with van der Waals surface area (Å²) in [6, 6.07) is 0. The molecule has 6 heavy (non-hydrogen) atoms. The number of rotatable bonds is 0. The molecule has 0 heteroatoms. The molecule has 0 unspecified atom stereocenters. The molecular weight excluding hydrogens is 72.1 g/mol. The SMILES string of the molecule is [CH2]C1=CCC=C1. The molecule has 0 saturated carbocycles. The monoisotopic (exact) mass is 79.1 g/mol. The van der Waals surface area contributed by atoms with Gasteiger partial charge in [0, 0.05) is 0 Å². The lowest BCUT2D eigenvalue weighted by Gasteiger charge is -1.72. The van der Waals surface area contributed by atoms with E-state index in [9.17, 15) is 0 Å². The number of allylic oxidation sites excluding steroid dienone is 4. The highest BCUT2D eigenvalue weighted by Crippen LogP contribution is 2.04. The lowest BCUT2D eigenvalue weighted by molar-refractivity contribution is 1.44. The van der Waals surface area contributed by atoms with Crippen molar-refractivity contribution in [3.63, 3.8) is 0 Å². The first kappa shape index (κ1) is 3.66. The maximum absolute atomic E-state index is 3.71. The van der Waals surface area contributed by atoms with E-state index in [1.165, 1.54) is 0 Å². The molecule has 0 nitrogen and oxygen atoms in total. The van der Waals surface area contributed by atoms with Crippen LogP contribution in [0.5, 0.6) is 0 Å². The van der Waals surface area contributed by atoms with Gasteiger partial charge in [0.1, 0.15) is 0 Å². The molecule has 1 rings (SSSR count). The zero-order chi connectivity index (χ0) is 4.41. The van der Waals surface area contributed by atoms with Crippen LogP contribution in [0.15, 0.2) is 23.8 Å². The lowest BCUT2D eigenvalue weighted by Crippen LogP contribution is -1.52. The van der Waals surface area contributed by atoms with Gasteiger partial charge in [-0.3, -0.25) is 0 Å². The Balaban J connectivity index is 2.68. The molecule has 0 aromatic carbocycles. The smallest absolute Gasteiger partial charge is 0.0160 e. The van der Waals surface area contributed by atoms with Gasteiger partial charge in [-0.25, -0.2) is 0 Å². The first-order chi connectivity index (χ1) is 2.89. The van der Waals surface area contributed by atoms with Gasteiger partial charge in [-0.2, -0.15) is 0 Å². The summed E-state index contributed by atoms with van der Waals surface area (Å²) >= 11 is 0. The third-order valence-electron chi connectivity index (χ3n) is 0.848. The third kappa shape index (κ3) is 0.510. The molecule has 31 valence electrons. The van der Waals surface area contributed by atoms with Gasteiger partial charge >= 0.3 is 0 Å². The van der Waals surface area contributed by atoms with Gasteiger partial charge < -0.3 is 0 Å². The van der Waals surface area contributed by atoms with Crippen molar-refractivity contribution in [2.24, 2.45) is 0 Å². The summed E-state index contributed by atoms with van der Waals surface area (Å²) in [5.74, 6) is 0. The highest BCUT2D eigenvalue weighted by molar-refractivity contribution is 5.27. The molecule has 1 radical (unpaired) electrons. The first-order valence-electron chi connectivity index (χ1n) is 2.08. The predicted molar refractivity (Wildman–Crippen MR) is 27.2 cm³/mol. The van der Waals surface area contributed by atoms with E-state index in [0.717, 1.165) is 12.0 Å². The Hall–Kier alpha value is -0.520. The molecule has 0 bridgehead atoms. The Morgan fingerprint density at radius 1 is 1.67 bits per heavy atom. The summed E-state index contributed by atoms with van der Waals surface area (Å²) in [6.07, 6.45) is 7.31. The lowest BCUT2D eigenvalue weighted by atomic mass is 10.3. The fourth-order valence-corrected chi connectivity index (χ4v) is 0.507. The van der Waals surface area contributed by atoms with Gasteiger partial charge in [0.15, 0.2) is 0 Å². The van der Waals surface area contributed by atoms with E-state index in [0.29, 0.717) is 0 Å². The van der Waals surface area contributed by atoms with Crippen molar-refractivity contribution < 1.29 is 0 Å². The molecule has 0 spiro atoms. The van der Waals surface area contributed by atoms with Crippen LogP contribution >= 0.6 is 0 Å². The van der Waals surface area contributed by atoms with Crippen molar-refractivity contribution in [1.82, 2.24) is 0 Å². The van der Waals surface area contributed by atoms with Gasteiger partial charge in [-0.1, -0.05) is 23.8 Å². The van der Waals surface area contributed by atoms with Crippen LogP contribution in [-0.4, -0.2) is 0 Å². The van der Waals surface area contributed by atoms with Crippen molar-refractivity contribution in [1.29, 1.82) is 0 Å². The van der Waals surface area contributed by atoms with Gasteiger partial charge in [0.05, 0.1) is 0 Å². The summed E-state index contributed by atoms with van der Waals surface area (Å²) in [5.41, 5.74) is 1.15. The van der Waals surface area contributed by atoms with Gasteiger partial charge in [-0.05, 0) is 13.3 Å². The zero-order valence-corrected chi connectivity index (χ0v) is 3.65. The third-order valence-corrected chi connectivity index (χ3v) is 0.848. The predicted octanol–water partition coefficient (Wildman–Crippen LogP) is 1.71. The molecule has 0 heterocycles. The topological polar surface area (TPSA) is 0 Å². The largest absolute Gasteiger partial charge is 0.0805 e. The highest BCUT2D eigenvalue weighted by Gasteiger charge is 1.84. The van der Waals surface area contributed by atoms with Gasteiger partial charge in [0.25, 0.3) is 0 Å². The van der Waals surface area contributed by atoms with Crippen molar-refractivity contribution in [3.8, 4) is 0 Å². The van der Waals surface area contributed by atoms with Crippen molar-refractivity contribution in [2.75, 3.05) is 0 Å². The second-order valence-electron chi connectivity index (χ2n) is 1.42. The minimum absolute atomic E-state index is 1.08. The normalized spacial score (nSPS) is 18.5. The van der Waals surface area contributed by atoms with E-state index >= 15 is 0 Å². The molecule has 1 aliphatic carbocycles. The second kappa shape index (κ2) is 1.29. The molecule has 0 amide bonds. The fraction of sp³-hybridized carbons (Fsp3) is 0.167. The summed E-state index contributed by atoms with van der Waals surface area (Å²) in [4.78, 5) is 0. The molecule has 0 fully saturated rings. The molecule has 0 aromatic heterocycles. The quantitative estimate of drug-likeness (QED) is 0.414. The molecule has 0 N–H and O–H groups in total. The Morgan fingerprint density at radius 3 is 2.67 bits per heavy atom. The molecule has 0 aliphatic heterocycles. The van der Waals surface area contributed by atoms with Gasteiger partial charge in [0.2, 0.25) is 0 Å². The number of hydrogen-bond donors (Lipinski definition) is 0. The van der Waals surface area contributed by atoms with Crippen LogP contribution in [0.3, 0.4) is 0 Å². The zero-order valence-electron chi connectivity index (χ0n) is 3.65. The minimum atomic E-state index is 1.08. The first-order valence-corrected chi connectivity index (χ1v) is 2.08. The van der Waals surface area contributed by atoms with Crippen molar-refractivity contribution >= 4 is 0 Å². The molecule has 1 aliphatic rings. The summed E-state index contributed by atoms with van der Waals surface area (Å²) in [7, 11) is 0. The average molecular weight is 79.1 g/mol. The minimum Gasteiger partial charge on any atom is -0.0805 e. The summed E-state index contributed by atoms with van der Waals surface area (Å²) in [5, 5.41) is 0. The average Bonchev–Trinajstić information content (AvgIpc) is 1.86. The van der Waals surface area contributed by atoms with E-state index in [-0.39, 0.29) is 0 Å². The van der Waals surface area contributed by atoms with Crippen LogP contribution in [0.1, 0.15) is 6.42 Å². The van der Waals surface area contributed by atoms with Crippen LogP contribution in [0.2, 0.25) is 0 Å². The Kier molecular flexibility index (Phi) is 0.789. The Bertz CT molecular complexity index is 93.9. The van der Waals surface area contributed by atoms with Crippen molar-refractivity contribution in [2.45, 2.75) is 6.42 Å². The summed E-state index contributed by atoms with van der Waals surface area (Å²) in [6.45, 7) is 3.71. The molecule has 0 saturated heterocycles. The van der Waals surface area contributed by atoms with Crippen LogP contribution in [0.4, 0.5) is 0 Å². The molecular formula is C6H7. The maximum Gasteiger partial charge on any atom is -0.0160 e. The van der Waals surface area contributed by atoms with Crippen LogP contribution in [-0.2, 0) is 0 Å². The number of hydrogen-bond acceptors (Lipinski definition) is 0. The van der Waals surface area contributed by atoms with Crippen molar-refractivity contribution in [3.05, 3.63) is 30.7 Å². The van der Waals surface area contributed by atoms with E-state index in [1.807, 2.05) is 6.08 Å². The highest BCUT2D eigenvalue weighted by atomic mass is 13.9. The molecule has 0 atom stereocenters. The second-order valence-corrected chi connectivity index (χ2v) is 1.42. The maximum atomic E-state index is 3.71. The van der Waals surface area contributed by atoms with Crippen LogP contribution in [0.25, 0.3) is 0 Å².